The smallest absolute Gasteiger partial charge is 0.254 e. The van der Waals surface area contributed by atoms with Gasteiger partial charge in [-0.3, -0.25) is 9.69 Å². The van der Waals surface area contributed by atoms with Gasteiger partial charge in [-0.25, -0.2) is 4.39 Å². The number of carbonyl (C=O) groups excluding carboxylic acids is 1. The Kier molecular flexibility index (Phi) is 5.60. The van der Waals surface area contributed by atoms with Crippen molar-refractivity contribution in [2.45, 2.75) is 12.5 Å². The minimum atomic E-state index is -0.856. The summed E-state index contributed by atoms with van der Waals surface area (Å²) in [5.41, 5.74) is 1.06. The summed E-state index contributed by atoms with van der Waals surface area (Å²) in [6.45, 7) is 3.18. The number of rotatable bonds is 4. The lowest BCUT2D eigenvalue weighted by Gasteiger charge is -2.24. The maximum absolute atomic E-state index is 13.8. The largest absolute Gasteiger partial charge is 0.387 e. The Morgan fingerprint density at radius 1 is 1.21 bits per heavy atom. The number of benzene rings is 1. The number of β-amino-alcohol motifs (C(OH)–C–C–N with tert-alkyl or cyclic N) is 1. The molecule has 0 saturated carbocycles. The number of nitrogens with zero attached hydrogens (tertiary/aromatic N) is 2. The van der Waals surface area contributed by atoms with E-state index >= 15 is 0 Å². The van der Waals surface area contributed by atoms with Crippen LogP contribution in [0, 0.1) is 5.82 Å². The van der Waals surface area contributed by atoms with E-state index in [2.05, 4.69) is 4.90 Å². The van der Waals surface area contributed by atoms with Crippen LogP contribution in [-0.2, 0) is 0 Å². The molecule has 0 unspecified atom stereocenters. The molecule has 2 heterocycles. The maximum Gasteiger partial charge on any atom is 0.254 e. The van der Waals surface area contributed by atoms with Crippen molar-refractivity contribution in [3.63, 3.8) is 0 Å². The van der Waals surface area contributed by atoms with Crippen molar-refractivity contribution in [3.8, 4) is 0 Å². The highest BCUT2D eigenvalue weighted by Gasteiger charge is 2.22. The van der Waals surface area contributed by atoms with E-state index in [9.17, 15) is 14.3 Å². The third kappa shape index (κ3) is 4.01. The highest BCUT2D eigenvalue weighted by atomic mass is 32.1. The average Bonchev–Trinajstić information content (AvgIpc) is 3.02. The van der Waals surface area contributed by atoms with Crippen LogP contribution in [0.3, 0.4) is 0 Å². The Balaban J connectivity index is 1.58. The van der Waals surface area contributed by atoms with Gasteiger partial charge in [0, 0.05) is 43.7 Å². The van der Waals surface area contributed by atoms with Crippen LogP contribution in [0.15, 0.2) is 41.1 Å². The normalized spacial score (nSPS) is 17.5. The van der Waals surface area contributed by atoms with Crippen molar-refractivity contribution in [2.24, 2.45) is 0 Å². The lowest BCUT2D eigenvalue weighted by molar-refractivity contribution is 0.0754. The van der Waals surface area contributed by atoms with Gasteiger partial charge in [-0.15, -0.1) is 0 Å². The van der Waals surface area contributed by atoms with Crippen molar-refractivity contribution in [2.75, 3.05) is 32.7 Å². The van der Waals surface area contributed by atoms with Gasteiger partial charge in [0.1, 0.15) is 5.82 Å². The number of carbonyl (C=O) groups is 1. The van der Waals surface area contributed by atoms with Crippen molar-refractivity contribution in [1.82, 2.24) is 9.80 Å². The third-order valence-corrected chi connectivity index (χ3v) is 5.02. The summed E-state index contributed by atoms with van der Waals surface area (Å²) in [5, 5.41) is 14.1. The predicted octanol–water partition coefficient (Wildman–Crippen LogP) is 2.77. The summed E-state index contributed by atoms with van der Waals surface area (Å²) < 4.78 is 13.8. The second kappa shape index (κ2) is 7.88. The zero-order valence-electron chi connectivity index (χ0n) is 13.4. The highest BCUT2D eigenvalue weighted by Crippen LogP contribution is 2.19. The van der Waals surface area contributed by atoms with Gasteiger partial charge in [-0.1, -0.05) is 18.2 Å². The van der Waals surface area contributed by atoms with Gasteiger partial charge in [0.15, 0.2) is 0 Å². The van der Waals surface area contributed by atoms with Gasteiger partial charge in [-0.05, 0) is 23.9 Å². The summed E-state index contributed by atoms with van der Waals surface area (Å²) >= 11 is 1.52. The molecular weight excluding hydrogens is 327 g/mol. The first-order valence-electron chi connectivity index (χ1n) is 8.11. The lowest BCUT2D eigenvalue weighted by atomic mass is 10.1. The van der Waals surface area contributed by atoms with Crippen molar-refractivity contribution in [1.29, 1.82) is 0 Å². The molecule has 3 rings (SSSR count). The minimum Gasteiger partial charge on any atom is -0.387 e. The molecule has 1 fully saturated rings. The molecule has 1 aromatic carbocycles. The van der Waals surface area contributed by atoms with Gasteiger partial charge in [0.05, 0.1) is 11.7 Å². The molecule has 0 radical (unpaired) electrons. The Morgan fingerprint density at radius 2 is 2.04 bits per heavy atom. The zero-order chi connectivity index (χ0) is 16.9. The summed E-state index contributed by atoms with van der Waals surface area (Å²) in [4.78, 5) is 16.4. The second-order valence-electron chi connectivity index (χ2n) is 6.00. The minimum absolute atomic E-state index is 0.0627. The Morgan fingerprint density at radius 3 is 2.79 bits per heavy atom. The fourth-order valence-corrected chi connectivity index (χ4v) is 3.64. The molecule has 1 atom stereocenters. The van der Waals surface area contributed by atoms with E-state index in [0.29, 0.717) is 31.7 Å². The molecule has 1 amide bonds. The van der Waals surface area contributed by atoms with Gasteiger partial charge in [0.25, 0.3) is 5.91 Å². The van der Waals surface area contributed by atoms with E-state index < -0.39 is 6.10 Å². The van der Waals surface area contributed by atoms with Crippen molar-refractivity contribution in [3.05, 3.63) is 58.0 Å². The Hall–Kier alpha value is -1.76. The first-order valence-corrected chi connectivity index (χ1v) is 9.06. The van der Waals surface area contributed by atoms with E-state index in [-0.39, 0.29) is 11.7 Å². The van der Waals surface area contributed by atoms with Crippen LogP contribution in [0.4, 0.5) is 4.39 Å². The quantitative estimate of drug-likeness (QED) is 0.924. The van der Waals surface area contributed by atoms with Gasteiger partial charge in [-0.2, -0.15) is 11.3 Å². The predicted molar refractivity (Wildman–Crippen MR) is 92.6 cm³/mol. The maximum atomic E-state index is 13.8. The molecule has 1 aromatic heterocycles. The topological polar surface area (TPSA) is 43.8 Å². The Labute approximate surface area is 145 Å². The molecule has 1 aliphatic heterocycles. The number of hydrogen-bond acceptors (Lipinski definition) is 4. The standard InChI is InChI=1S/C18H21FN2O2S/c19-16-5-2-1-4-15(16)17(22)12-20-7-3-8-21(10-9-20)18(23)14-6-11-24-13-14/h1-2,4-6,11,13,17,22H,3,7-10,12H2/t17-/m1/s1. The fraction of sp³-hybridized carbons (Fsp3) is 0.389. The monoisotopic (exact) mass is 348 g/mol. The average molecular weight is 348 g/mol. The molecule has 128 valence electrons. The molecule has 0 bridgehead atoms. The fourth-order valence-electron chi connectivity index (χ4n) is 3.01. The summed E-state index contributed by atoms with van der Waals surface area (Å²) in [6, 6.07) is 8.17. The molecule has 6 heteroatoms. The summed E-state index contributed by atoms with van der Waals surface area (Å²) in [7, 11) is 0. The molecule has 1 saturated heterocycles. The third-order valence-electron chi connectivity index (χ3n) is 4.34. The van der Waals surface area contributed by atoms with Gasteiger partial charge < -0.3 is 10.0 Å². The molecule has 0 aliphatic carbocycles. The van der Waals surface area contributed by atoms with E-state index in [0.717, 1.165) is 18.5 Å². The van der Waals surface area contributed by atoms with E-state index in [1.165, 1.54) is 17.4 Å². The van der Waals surface area contributed by atoms with Crippen LogP contribution in [0.5, 0.6) is 0 Å². The van der Waals surface area contributed by atoms with E-state index in [1.54, 1.807) is 18.2 Å². The number of amides is 1. The first kappa shape index (κ1) is 17.1. The van der Waals surface area contributed by atoms with Gasteiger partial charge in [0.2, 0.25) is 0 Å². The summed E-state index contributed by atoms with van der Waals surface area (Å²) in [5.74, 6) is -0.318. The second-order valence-corrected chi connectivity index (χ2v) is 6.78. The van der Waals surface area contributed by atoms with Crippen LogP contribution in [0.1, 0.15) is 28.4 Å². The van der Waals surface area contributed by atoms with Crippen LogP contribution < -0.4 is 0 Å². The molecule has 0 spiro atoms. The highest BCUT2D eigenvalue weighted by molar-refractivity contribution is 7.08. The molecule has 24 heavy (non-hydrogen) atoms. The van der Waals surface area contributed by atoms with Gasteiger partial charge >= 0.3 is 0 Å². The van der Waals surface area contributed by atoms with Crippen LogP contribution in [0.2, 0.25) is 0 Å². The van der Waals surface area contributed by atoms with Crippen LogP contribution in [-0.4, -0.2) is 53.5 Å². The lowest BCUT2D eigenvalue weighted by Crippen LogP contribution is -2.36. The van der Waals surface area contributed by atoms with E-state index in [1.807, 2.05) is 21.7 Å². The van der Waals surface area contributed by atoms with Crippen molar-refractivity contribution < 1.29 is 14.3 Å². The summed E-state index contributed by atoms with van der Waals surface area (Å²) in [6.07, 6.45) is -0.00909. The SMILES string of the molecule is O=C(c1ccsc1)N1CCCN(C[C@@H](O)c2ccccc2F)CC1. The molecule has 1 N–H and O–H groups in total. The van der Waals surface area contributed by atoms with Crippen LogP contribution in [0.25, 0.3) is 0 Å². The molecular formula is C18H21FN2O2S. The van der Waals surface area contributed by atoms with E-state index in [4.69, 9.17) is 0 Å². The first-order chi connectivity index (χ1) is 11.6. The Bertz CT molecular complexity index is 677. The molecule has 4 nitrogen and oxygen atoms in total. The number of hydrogen-bond donors (Lipinski definition) is 1. The number of aliphatic hydroxyl groups is 1. The van der Waals surface area contributed by atoms with Crippen molar-refractivity contribution >= 4 is 17.2 Å². The number of halogens is 1. The number of aliphatic hydroxyl groups excluding tert-OH is 1. The van der Waals surface area contributed by atoms with Crippen LogP contribution >= 0.6 is 11.3 Å². The molecule has 2 aromatic rings. The molecule has 1 aliphatic rings. The zero-order valence-corrected chi connectivity index (χ0v) is 14.2. The number of thiophene rings is 1.